The Morgan fingerprint density at radius 3 is 2.34 bits per heavy atom. The van der Waals surface area contributed by atoms with Crippen molar-refractivity contribution in [2.24, 2.45) is 11.7 Å². The molecule has 0 aliphatic rings. The van der Waals surface area contributed by atoms with Gasteiger partial charge < -0.3 is 52.6 Å². The van der Waals surface area contributed by atoms with Crippen LogP contribution < -0.4 is 37.6 Å². The van der Waals surface area contributed by atoms with Crippen molar-refractivity contribution in [3.63, 3.8) is 0 Å². The summed E-state index contributed by atoms with van der Waals surface area (Å²) in [5.41, 5.74) is 5.66. The van der Waals surface area contributed by atoms with Gasteiger partial charge in [-0.1, -0.05) is 25.8 Å². The molecular weight excluding hydrogens is 542 g/mol. The minimum atomic E-state index is -1.41. The maximum Gasteiger partial charge on any atom is 0.408 e. The molecule has 1 aromatic rings. The molecule has 0 spiro atoms. The maximum atomic E-state index is 13.2. The summed E-state index contributed by atoms with van der Waals surface area (Å²) in [5.74, 6) is -0.414. The van der Waals surface area contributed by atoms with Crippen LogP contribution in [0.1, 0.15) is 32.3 Å². The van der Waals surface area contributed by atoms with E-state index in [4.69, 9.17) is 17.3 Å². The maximum absolute atomic E-state index is 13.2. The third kappa shape index (κ3) is 13.0. The first-order valence-electron chi connectivity index (χ1n) is 12.4. The number of amides is 7. The number of ether oxygens (including phenoxy) is 1. The molecule has 0 bridgehead atoms. The molecule has 0 radical (unpaired) electrons. The molecule has 16 heteroatoms. The van der Waals surface area contributed by atoms with Crippen molar-refractivity contribution < 1.29 is 43.7 Å². The van der Waals surface area contributed by atoms with Crippen LogP contribution in [0, 0.1) is 18.3 Å². The fourth-order valence-corrected chi connectivity index (χ4v) is 3.36. The average molecular weight is 578 g/mol. The molecule has 16 nitrogen and oxygen atoms in total. The lowest BCUT2D eigenvalue weighted by molar-refractivity contribution is -0.128. The minimum Gasteiger partial charge on any atom is -0.465 e. The predicted molar refractivity (Wildman–Crippen MR) is 146 cm³/mol. The number of carbonyl (C=O) groups excluding carboxylic acids is 5. The molecule has 0 unspecified atom stereocenters. The van der Waals surface area contributed by atoms with Gasteiger partial charge in [0, 0.05) is 23.5 Å². The number of hydrogen-bond acceptors (Lipinski definition) is 8. The van der Waals surface area contributed by atoms with E-state index in [0.717, 1.165) is 0 Å². The standard InChI is InChI=1S/C25H35N7O9/c1-4-10-41-25(40)28-12-19(34)30-18-11-16(8-7-15(18)13-33)29-21(35)17(6-5-9-27-23(26)37)31-22(36)20(14(2)3)32-24(38)39/h1,7-8,11,14,17,20,32-33H,5-6,9-10,12-13H2,2-3H3,(H,28,40)(H,29,35)(H,30,34)(H,31,36)(H,38,39)(H3,26,27,37)/t17-,20-/m0/s1. The Hall–Kier alpha value is -5.04. The molecule has 0 heterocycles. The molecule has 0 aliphatic heterocycles. The Kier molecular flexibility index (Phi) is 14.5. The second kappa shape index (κ2) is 17.5. The van der Waals surface area contributed by atoms with Gasteiger partial charge in [-0.15, -0.1) is 6.42 Å². The number of terminal acetylenes is 1. The largest absolute Gasteiger partial charge is 0.465 e. The zero-order valence-corrected chi connectivity index (χ0v) is 22.6. The molecule has 10 N–H and O–H groups in total. The third-order valence-electron chi connectivity index (χ3n) is 5.33. The first kappa shape index (κ1) is 34.0. The van der Waals surface area contributed by atoms with Crippen molar-refractivity contribution in [1.29, 1.82) is 0 Å². The number of hydrogen-bond donors (Lipinski definition) is 9. The number of benzene rings is 1. The first-order chi connectivity index (χ1) is 19.4. The fraction of sp³-hybridized carbons (Fsp3) is 0.440. The van der Waals surface area contributed by atoms with Gasteiger partial charge in [-0.25, -0.2) is 14.4 Å². The van der Waals surface area contributed by atoms with Gasteiger partial charge in [-0.2, -0.15) is 0 Å². The summed E-state index contributed by atoms with van der Waals surface area (Å²) in [6.45, 7) is 2.16. The summed E-state index contributed by atoms with van der Waals surface area (Å²) in [6.07, 6.45) is 2.96. The van der Waals surface area contributed by atoms with Gasteiger partial charge in [-0.05, 0) is 30.9 Å². The molecule has 0 fully saturated rings. The Morgan fingerprint density at radius 1 is 1.05 bits per heavy atom. The van der Waals surface area contributed by atoms with Crippen LogP contribution in [0.4, 0.5) is 25.8 Å². The van der Waals surface area contributed by atoms with E-state index < -0.39 is 67.1 Å². The highest BCUT2D eigenvalue weighted by atomic mass is 16.5. The van der Waals surface area contributed by atoms with Crippen LogP contribution in [-0.2, 0) is 25.7 Å². The topological polar surface area (TPSA) is 250 Å². The monoisotopic (exact) mass is 577 g/mol. The number of aliphatic hydroxyl groups is 1. The lowest BCUT2D eigenvalue weighted by atomic mass is 10.0. The van der Waals surface area contributed by atoms with Crippen LogP contribution in [0.3, 0.4) is 0 Å². The van der Waals surface area contributed by atoms with Gasteiger partial charge in [0.1, 0.15) is 18.6 Å². The van der Waals surface area contributed by atoms with E-state index in [2.05, 4.69) is 42.6 Å². The number of rotatable bonds is 15. The number of alkyl carbamates (subject to hydrolysis) is 1. The minimum absolute atomic E-state index is 0.0511. The third-order valence-corrected chi connectivity index (χ3v) is 5.33. The van der Waals surface area contributed by atoms with Crippen molar-refractivity contribution in [1.82, 2.24) is 21.3 Å². The molecule has 1 rings (SSSR count). The summed E-state index contributed by atoms with van der Waals surface area (Å²) >= 11 is 0. The Labute approximate surface area is 236 Å². The van der Waals surface area contributed by atoms with E-state index in [0.29, 0.717) is 5.56 Å². The Bertz CT molecular complexity index is 1150. The summed E-state index contributed by atoms with van der Waals surface area (Å²) in [4.78, 5) is 71.8. The lowest BCUT2D eigenvalue weighted by Gasteiger charge is -2.24. The highest BCUT2D eigenvalue weighted by Gasteiger charge is 2.29. The SMILES string of the molecule is C#CCOC(=O)NCC(=O)Nc1cc(NC(=O)[C@H](CCCNC(N)=O)NC(=O)[C@@H](NC(=O)O)C(C)C)ccc1CO. The number of urea groups is 1. The summed E-state index contributed by atoms with van der Waals surface area (Å²) < 4.78 is 4.60. The molecular formula is C25H35N7O9. The van der Waals surface area contributed by atoms with Crippen molar-refractivity contribution in [2.75, 3.05) is 30.3 Å². The van der Waals surface area contributed by atoms with E-state index in [-0.39, 0.29) is 37.4 Å². The molecule has 0 saturated heterocycles. The Morgan fingerprint density at radius 2 is 1.76 bits per heavy atom. The van der Waals surface area contributed by atoms with Crippen molar-refractivity contribution in [3.8, 4) is 12.3 Å². The van der Waals surface area contributed by atoms with Gasteiger partial charge in [0.15, 0.2) is 6.61 Å². The van der Waals surface area contributed by atoms with Crippen LogP contribution in [0.25, 0.3) is 0 Å². The van der Waals surface area contributed by atoms with Crippen molar-refractivity contribution in [3.05, 3.63) is 23.8 Å². The number of aliphatic hydroxyl groups excluding tert-OH is 1. The molecule has 2 atom stereocenters. The second-order valence-electron chi connectivity index (χ2n) is 8.87. The van der Waals surface area contributed by atoms with E-state index in [1.165, 1.54) is 18.2 Å². The summed E-state index contributed by atoms with van der Waals surface area (Å²) in [5, 5.41) is 33.0. The Balaban J connectivity index is 3.03. The zero-order chi connectivity index (χ0) is 30.9. The fourth-order valence-electron chi connectivity index (χ4n) is 3.36. The number of nitrogens with two attached hydrogens (primary N) is 1. The highest BCUT2D eigenvalue weighted by molar-refractivity contribution is 6.00. The smallest absolute Gasteiger partial charge is 0.408 e. The van der Waals surface area contributed by atoms with Crippen LogP contribution in [0.2, 0.25) is 0 Å². The summed E-state index contributed by atoms with van der Waals surface area (Å²) in [6, 6.07) is 1.19. The number of carbonyl (C=O) groups is 6. The number of nitrogens with one attached hydrogen (secondary N) is 6. The van der Waals surface area contributed by atoms with E-state index in [1.807, 2.05) is 0 Å². The van der Waals surface area contributed by atoms with E-state index >= 15 is 0 Å². The van der Waals surface area contributed by atoms with E-state index in [9.17, 15) is 33.9 Å². The van der Waals surface area contributed by atoms with E-state index in [1.54, 1.807) is 13.8 Å². The molecule has 0 aromatic heterocycles. The zero-order valence-electron chi connectivity index (χ0n) is 22.6. The molecule has 224 valence electrons. The van der Waals surface area contributed by atoms with Crippen LogP contribution in [0.5, 0.6) is 0 Å². The number of carboxylic acid groups (broad SMARTS) is 1. The number of anilines is 2. The second-order valence-corrected chi connectivity index (χ2v) is 8.87. The predicted octanol–water partition coefficient (Wildman–Crippen LogP) is -0.359. The van der Waals surface area contributed by atoms with Gasteiger partial charge in [0.2, 0.25) is 17.7 Å². The van der Waals surface area contributed by atoms with Gasteiger partial charge >= 0.3 is 18.2 Å². The molecule has 0 aliphatic carbocycles. The quantitative estimate of drug-likeness (QED) is 0.0973. The van der Waals surface area contributed by atoms with Gasteiger partial charge in [0.05, 0.1) is 6.61 Å². The molecule has 7 amide bonds. The summed E-state index contributed by atoms with van der Waals surface area (Å²) in [7, 11) is 0. The van der Waals surface area contributed by atoms with Crippen molar-refractivity contribution in [2.45, 2.75) is 45.4 Å². The van der Waals surface area contributed by atoms with Crippen LogP contribution in [0.15, 0.2) is 18.2 Å². The van der Waals surface area contributed by atoms with Gasteiger partial charge in [-0.3, -0.25) is 14.4 Å². The molecule has 0 saturated carbocycles. The van der Waals surface area contributed by atoms with Crippen LogP contribution >= 0.6 is 0 Å². The number of primary amides is 1. The molecule has 1 aromatic carbocycles. The normalized spacial score (nSPS) is 11.7. The molecule has 41 heavy (non-hydrogen) atoms. The highest BCUT2D eigenvalue weighted by Crippen LogP contribution is 2.22. The average Bonchev–Trinajstić information content (AvgIpc) is 2.90. The first-order valence-corrected chi connectivity index (χ1v) is 12.4. The van der Waals surface area contributed by atoms with Crippen LogP contribution in [-0.4, -0.2) is 77.9 Å². The lowest BCUT2D eigenvalue weighted by Crippen LogP contribution is -2.54. The van der Waals surface area contributed by atoms with Gasteiger partial charge in [0.25, 0.3) is 0 Å². The van der Waals surface area contributed by atoms with Crippen molar-refractivity contribution >= 4 is 47.3 Å².